The molecule has 1 unspecified atom stereocenters. The minimum Gasteiger partial charge on any atom is -0.468 e. The molecule has 20 heavy (non-hydrogen) atoms. The van der Waals surface area contributed by atoms with Crippen LogP contribution < -0.4 is 5.73 Å². The van der Waals surface area contributed by atoms with Crippen molar-refractivity contribution in [3.63, 3.8) is 0 Å². The Balaban J connectivity index is 2.28. The first-order valence-electron chi connectivity index (χ1n) is 6.65. The second-order valence-corrected chi connectivity index (χ2v) is 4.74. The molecule has 0 spiro atoms. The number of rotatable bonds is 5. The van der Waals surface area contributed by atoms with E-state index < -0.39 is 6.04 Å². The van der Waals surface area contributed by atoms with E-state index in [4.69, 9.17) is 10.5 Å². The molecule has 2 aromatic carbocycles. The van der Waals surface area contributed by atoms with Crippen LogP contribution in [0.15, 0.2) is 60.7 Å². The Bertz CT molecular complexity index is 500. The summed E-state index contributed by atoms with van der Waals surface area (Å²) in [5, 5.41) is 0. The van der Waals surface area contributed by atoms with Crippen molar-refractivity contribution in [1.29, 1.82) is 0 Å². The van der Waals surface area contributed by atoms with Gasteiger partial charge in [0.15, 0.2) is 0 Å². The van der Waals surface area contributed by atoms with Gasteiger partial charge in [0.25, 0.3) is 0 Å². The fourth-order valence-corrected chi connectivity index (χ4v) is 2.34. The van der Waals surface area contributed by atoms with Crippen molar-refractivity contribution >= 4 is 5.97 Å². The molecule has 104 valence electrons. The normalized spacial score (nSPS) is 12.2. The zero-order valence-electron chi connectivity index (χ0n) is 11.5. The molecule has 0 heterocycles. The molecule has 0 aliphatic heterocycles. The minimum absolute atomic E-state index is 0.0894. The maximum Gasteiger partial charge on any atom is 0.322 e. The van der Waals surface area contributed by atoms with E-state index in [1.165, 1.54) is 7.11 Å². The number of carbonyl (C=O) groups excluding carboxylic acids is 1. The number of hydrogen-bond acceptors (Lipinski definition) is 3. The molecule has 0 amide bonds. The first-order chi connectivity index (χ1) is 9.72. The molecular weight excluding hydrogens is 250 g/mol. The Morgan fingerprint density at radius 3 is 1.85 bits per heavy atom. The third-order valence-electron chi connectivity index (χ3n) is 3.40. The highest BCUT2D eigenvalue weighted by Crippen LogP contribution is 2.28. The number of benzene rings is 2. The Kier molecular flexibility index (Phi) is 4.91. The molecule has 2 aromatic rings. The SMILES string of the molecule is COC(=O)C(N)CC(c1ccccc1)c1ccccc1. The van der Waals surface area contributed by atoms with E-state index in [1.807, 2.05) is 36.4 Å². The number of hydrogen-bond donors (Lipinski definition) is 1. The number of carbonyl (C=O) groups is 1. The predicted octanol–water partition coefficient (Wildman–Crippen LogP) is 2.71. The first kappa shape index (κ1) is 14.3. The molecule has 0 saturated carbocycles. The highest BCUT2D eigenvalue weighted by Gasteiger charge is 2.22. The topological polar surface area (TPSA) is 52.3 Å². The molecule has 2 N–H and O–H groups in total. The molecule has 0 fully saturated rings. The van der Waals surface area contributed by atoms with E-state index >= 15 is 0 Å². The van der Waals surface area contributed by atoms with Crippen molar-refractivity contribution in [2.45, 2.75) is 18.4 Å². The molecule has 0 aliphatic carbocycles. The monoisotopic (exact) mass is 269 g/mol. The second-order valence-electron chi connectivity index (χ2n) is 4.74. The maximum atomic E-state index is 11.6. The van der Waals surface area contributed by atoms with Gasteiger partial charge in [-0.2, -0.15) is 0 Å². The van der Waals surface area contributed by atoms with Gasteiger partial charge in [-0.3, -0.25) is 4.79 Å². The van der Waals surface area contributed by atoms with Gasteiger partial charge in [0.05, 0.1) is 7.11 Å². The van der Waals surface area contributed by atoms with Crippen LogP contribution >= 0.6 is 0 Å². The average Bonchev–Trinajstić information content (AvgIpc) is 2.53. The van der Waals surface area contributed by atoms with Gasteiger partial charge in [0.1, 0.15) is 6.04 Å². The number of esters is 1. The van der Waals surface area contributed by atoms with Gasteiger partial charge < -0.3 is 10.5 Å². The molecule has 3 nitrogen and oxygen atoms in total. The van der Waals surface area contributed by atoms with Crippen LogP contribution in [-0.2, 0) is 9.53 Å². The summed E-state index contributed by atoms with van der Waals surface area (Å²) >= 11 is 0. The van der Waals surface area contributed by atoms with E-state index in [0.29, 0.717) is 6.42 Å². The van der Waals surface area contributed by atoms with Gasteiger partial charge in [-0.25, -0.2) is 0 Å². The van der Waals surface area contributed by atoms with E-state index in [1.54, 1.807) is 0 Å². The Labute approximate surface area is 119 Å². The molecule has 3 heteroatoms. The van der Waals surface area contributed by atoms with Crippen LogP contribution in [0.25, 0.3) is 0 Å². The molecule has 1 atom stereocenters. The highest BCUT2D eigenvalue weighted by molar-refractivity contribution is 5.75. The van der Waals surface area contributed by atoms with Gasteiger partial charge in [-0.05, 0) is 17.5 Å². The van der Waals surface area contributed by atoms with Crippen LogP contribution in [0.4, 0.5) is 0 Å². The average molecular weight is 269 g/mol. The van der Waals surface area contributed by atoms with Crippen molar-refractivity contribution in [3.8, 4) is 0 Å². The van der Waals surface area contributed by atoms with E-state index in [2.05, 4.69) is 24.3 Å². The fraction of sp³-hybridized carbons (Fsp3) is 0.235. The number of methoxy groups -OCH3 is 1. The summed E-state index contributed by atoms with van der Waals surface area (Å²) in [6.45, 7) is 0. The molecular formula is C17H19NO2. The largest absolute Gasteiger partial charge is 0.468 e. The van der Waals surface area contributed by atoms with Crippen LogP contribution in [0.3, 0.4) is 0 Å². The van der Waals surface area contributed by atoms with Crippen molar-refractivity contribution in [3.05, 3.63) is 71.8 Å². The van der Waals surface area contributed by atoms with Crippen molar-refractivity contribution in [2.24, 2.45) is 5.73 Å². The summed E-state index contributed by atoms with van der Waals surface area (Å²) in [5.74, 6) is -0.284. The summed E-state index contributed by atoms with van der Waals surface area (Å²) in [6.07, 6.45) is 0.528. The lowest BCUT2D eigenvalue weighted by atomic mass is 9.86. The third-order valence-corrected chi connectivity index (χ3v) is 3.40. The minimum atomic E-state index is -0.620. The first-order valence-corrected chi connectivity index (χ1v) is 6.65. The summed E-state index contributed by atoms with van der Waals surface area (Å²) in [6, 6.07) is 19.5. The lowest BCUT2D eigenvalue weighted by Crippen LogP contribution is -2.33. The highest BCUT2D eigenvalue weighted by atomic mass is 16.5. The van der Waals surface area contributed by atoms with Crippen LogP contribution in [0.5, 0.6) is 0 Å². The van der Waals surface area contributed by atoms with Gasteiger partial charge >= 0.3 is 5.97 Å². The lowest BCUT2D eigenvalue weighted by Gasteiger charge is -2.20. The summed E-state index contributed by atoms with van der Waals surface area (Å²) in [7, 11) is 1.36. The third kappa shape index (κ3) is 3.45. The van der Waals surface area contributed by atoms with Gasteiger partial charge in [-0.1, -0.05) is 60.7 Å². The lowest BCUT2D eigenvalue weighted by molar-refractivity contribution is -0.142. The van der Waals surface area contributed by atoms with Crippen LogP contribution in [-0.4, -0.2) is 19.1 Å². The molecule has 0 aliphatic rings. The van der Waals surface area contributed by atoms with Crippen molar-refractivity contribution in [2.75, 3.05) is 7.11 Å². The Morgan fingerprint density at radius 2 is 1.45 bits per heavy atom. The molecule has 0 saturated heterocycles. The van der Waals surface area contributed by atoms with Crippen LogP contribution in [0.2, 0.25) is 0 Å². The van der Waals surface area contributed by atoms with Gasteiger partial charge in [0.2, 0.25) is 0 Å². The molecule has 0 radical (unpaired) electrons. The second kappa shape index (κ2) is 6.87. The quantitative estimate of drug-likeness (QED) is 0.849. The van der Waals surface area contributed by atoms with E-state index in [0.717, 1.165) is 11.1 Å². The van der Waals surface area contributed by atoms with Crippen molar-refractivity contribution in [1.82, 2.24) is 0 Å². The van der Waals surface area contributed by atoms with Crippen molar-refractivity contribution < 1.29 is 9.53 Å². The maximum absolute atomic E-state index is 11.6. The van der Waals surface area contributed by atoms with Crippen LogP contribution in [0, 0.1) is 0 Å². The van der Waals surface area contributed by atoms with Gasteiger partial charge in [0, 0.05) is 5.92 Å². The molecule has 0 aromatic heterocycles. The van der Waals surface area contributed by atoms with Crippen LogP contribution in [0.1, 0.15) is 23.5 Å². The number of ether oxygens (including phenoxy) is 1. The summed E-state index contributed by atoms with van der Waals surface area (Å²) in [4.78, 5) is 11.6. The van der Waals surface area contributed by atoms with Gasteiger partial charge in [-0.15, -0.1) is 0 Å². The summed E-state index contributed by atoms with van der Waals surface area (Å²) in [5.41, 5.74) is 8.23. The fourth-order valence-electron chi connectivity index (χ4n) is 2.34. The summed E-state index contributed by atoms with van der Waals surface area (Å²) < 4.78 is 4.72. The zero-order valence-corrected chi connectivity index (χ0v) is 11.5. The molecule has 0 bridgehead atoms. The predicted molar refractivity (Wildman–Crippen MR) is 79.3 cm³/mol. The molecule has 2 rings (SSSR count). The van der Waals surface area contributed by atoms with E-state index in [-0.39, 0.29) is 11.9 Å². The standard InChI is InChI=1S/C17H19NO2/c1-20-17(19)16(18)12-15(13-8-4-2-5-9-13)14-10-6-3-7-11-14/h2-11,15-16H,12,18H2,1H3. The zero-order chi connectivity index (χ0) is 14.4. The Morgan fingerprint density at radius 1 is 1.00 bits per heavy atom. The Hall–Kier alpha value is -2.13. The smallest absolute Gasteiger partial charge is 0.322 e. The van der Waals surface area contributed by atoms with E-state index in [9.17, 15) is 4.79 Å². The number of nitrogens with two attached hydrogens (primary N) is 1.